The summed E-state index contributed by atoms with van der Waals surface area (Å²) in [7, 11) is 0. The second-order valence-corrected chi connectivity index (χ2v) is 7.21. The molecule has 1 heterocycles. The van der Waals surface area contributed by atoms with Gasteiger partial charge in [0.25, 0.3) is 0 Å². The quantitative estimate of drug-likeness (QED) is 0.654. The smallest absolute Gasteiger partial charge is 0.0631 e. The van der Waals surface area contributed by atoms with E-state index in [0.29, 0.717) is 11.8 Å². The van der Waals surface area contributed by atoms with Gasteiger partial charge in [0.05, 0.1) is 11.7 Å². The number of ether oxygens (including phenoxy) is 1. The van der Waals surface area contributed by atoms with Crippen LogP contribution in [0.25, 0.3) is 0 Å². The van der Waals surface area contributed by atoms with Crippen molar-refractivity contribution >= 4 is 34.8 Å². The van der Waals surface area contributed by atoms with Crippen molar-refractivity contribution in [3.63, 3.8) is 0 Å². The van der Waals surface area contributed by atoms with E-state index in [-0.39, 0.29) is 17.1 Å². The van der Waals surface area contributed by atoms with E-state index < -0.39 is 0 Å². The molecular formula is C16H21Cl3O. The minimum absolute atomic E-state index is 0.0461. The first-order valence-electron chi connectivity index (χ1n) is 6.97. The van der Waals surface area contributed by atoms with E-state index in [1.165, 1.54) is 0 Å². The van der Waals surface area contributed by atoms with Crippen LogP contribution in [0, 0.1) is 0 Å². The molecule has 1 atom stereocenters. The second kappa shape index (κ2) is 6.44. The molecular weight excluding hydrogens is 315 g/mol. The van der Waals surface area contributed by atoms with Crippen LogP contribution < -0.4 is 0 Å². The molecule has 1 nitrogen and oxygen atoms in total. The number of hydrogen-bond donors (Lipinski definition) is 0. The van der Waals surface area contributed by atoms with Gasteiger partial charge in [-0.05, 0) is 44.7 Å². The van der Waals surface area contributed by atoms with Gasteiger partial charge in [-0.1, -0.05) is 29.8 Å². The Morgan fingerprint density at radius 1 is 1.25 bits per heavy atom. The van der Waals surface area contributed by atoms with Crippen LogP contribution in [0.3, 0.4) is 0 Å². The van der Waals surface area contributed by atoms with Crippen LogP contribution in [0.5, 0.6) is 0 Å². The molecule has 0 N–H and O–H groups in total. The van der Waals surface area contributed by atoms with Crippen molar-refractivity contribution in [2.75, 3.05) is 11.8 Å². The second-order valence-electron chi connectivity index (χ2n) is 6.27. The van der Waals surface area contributed by atoms with Gasteiger partial charge in [0.2, 0.25) is 0 Å². The minimum atomic E-state index is -0.327. The maximum atomic E-state index is 6.35. The molecule has 1 saturated heterocycles. The third kappa shape index (κ3) is 3.44. The summed E-state index contributed by atoms with van der Waals surface area (Å²) < 4.78 is 6.11. The molecule has 0 aromatic heterocycles. The summed E-state index contributed by atoms with van der Waals surface area (Å²) in [6.45, 7) is 4.26. The first-order valence-corrected chi connectivity index (χ1v) is 8.42. The summed E-state index contributed by atoms with van der Waals surface area (Å²) >= 11 is 18.9. The van der Waals surface area contributed by atoms with Gasteiger partial charge in [-0.3, -0.25) is 0 Å². The topological polar surface area (TPSA) is 9.23 Å². The van der Waals surface area contributed by atoms with Crippen LogP contribution >= 0.6 is 34.8 Å². The highest BCUT2D eigenvalue weighted by molar-refractivity contribution is 6.32. The number of halogens is 3. The van der Waals surface area contributed by atoms with E-state index in [1.807, 2.05) is 24.3 Å². The summed E-state index contributed by atoms with van der Waals surface area (Å²) in [5.41, 5.74) is 0.655. The van der Waals surface area contributed by atoms with E-state index in [9.17, 15) is 0 Å². The highest BCUT2D eigenvalue weighted by atomic mass is 35.5. The maximum absolute atomic E-state index is 6.35. The SMILES string of the molecule is CC1(C)CCC(CC(CCl)(CCl)c2ccccc2Cl)O1. The largest absolute Gasteiger partial charge is 0.372 e. The Bertz CT molecular complexity index is 455. The van der Waals surface area contributed by atoms with Gasteiger partial charge in [0.15, 0.2) is 0 Å². The molecule has 1 unspecified atom stereocenters. The normalized spacial score (nSPS) is 22.1. The molecule has 1 aromatic carbocycles. The third-order valence-corrected chi connectivity index (χ3v) is 5.48. The van der Waals surface area contributed by atoms with E-state index in [2.05, 4.69) is 13.8 Å². The van der Waals surface area contributed by atoms with Crippen molar-refractivity contribution in [2.24, 2.45) is 0 Å². The summed E-state index contributed by atoms with van der Waals surface area (Å²) in [6, 6.07) is 7.82. The standard InChI is InChI=1S/C16H21Cl3O/c1-15(2)8-7-12(20-15)9-16(10-17,11-18)13-5-3-4-6-14(13)19/h3-6,12H,7-11H2,1-2H3. The Kier molecular flexibility index (Phi) is 5.29. The number of hydrogen-bond acceptors (Lipinski definition) is 1. The van der Waals surface area contributed by atoms with Gasteiger partial charge in [-0.2, -0.15) is 0 Å². The van der Waals surface area contributed by atoms with Gasteiger partial charge in [0, 0.05) is 22.2 Å². The van der Waals surface area contributed by atoms with Crippen LogP contribution in [0.4, 0.5) is 0 Å². The van der Waals surface area contributed by atoms with Crippen molar-refractivity contribution < 1.29 is 4.74 Å². The lowest BCUT2D eigenvalue weighted by Crippen LogP contribution is -2.36. The van der Waals surface area contributed by atoms with Gasteiger partial charge in [-0.25, -0.2) is 0 Å². The molecule has 1 aromatic rings. The van der Waals surface area contributed by atoms with E-state index in [0.717, 1.165) is 29.8 Å². The Morgan fingerprint density at radius 3 is 2.40 bits per heavy atom. The molecule has 1 aliphatic rings. The number of alkyl halides is 2. The predicted molar refractivity (Wildman–Crippen MR) is 87.4 cm³/mol. The highest BCUT2D eigenvalue weighted by Crippen LogP contribution is 2.41. The summed E-state index contributed by atoms with van der Waals surface area (Å²) in [6.07, 6.45) is 3.12. The Balaban J connectivity index is 2.25. The van der Waals surface area contributed by atoms with Crippen LogP contribution in [0.15, 0.2) is 24.3 Å². The lowest BCUT2D eigenvalue weighted by atomic mass is 9.78. The Labute approximate surface area is 136 Å². The van der Waals surface area contributed by atoms with Gasteiger partial charge in [0.1, 0.15) is 0 Å². The highest BCUT2D eigenvalue weighted by Gasteiger charge is 2.40. The van der Waals surface area contributed by atoms with Crippen molar-refractivity contribution in [3.05, 3.63) is 34.9 Å². The summed E-state index contributed by atoms with van der Waals surface area (Å²) in [4.78, 5) is 0. The van der Waals surface area contributed by atoms with Gasteiger partial charge >= 0.3 is 0 Å². The van der Waals surface area contributed by atoms with Crippen LogP contribution in [0.1, 0.15) is 38.7 Å². The molecule has 0 amide bonds. The fourth-order valence-corrected chi connectivity index (χ4v) is 4.08. The fraction of sp³-hybridized carbons (Fsp3) is 0.625. The monoisotopic (exact) mass is 334 g/mol. The molecule has 0 saturated carbocycles. The number of rotatable bonds is 5. The Morgan fingerprint density at radius 2 is 1.90 bits per heavy atom. The molecule has 20 heavy (non-hydrogen) atoms. The zero-order valence-corrected chi connectivity index (χ0v) is 14.2. The third-order valence-electron chi connectivity index (χ3n) is 4.13. The average Bonchev–Trinajstić information content (AvgIpc) is 2.76. The van der Waals surface area contributed by atoms with Gasteiger partial charge < -0.3 is 4.74 Å². The zero-order valence-electron chi connectivity index (χ0n) is 12.0. The van der Waals surface area contributed by atoms with E-state index in [4.69, 9.17) is 39.5 Å². The zero-order chi connectivity index (χ0) is 14.8. The minimum Gasteiger partial charge on any atom is -0.372 e. The van der Waals surface area contributed by atoms with Crippen molar-refractivity contribution in [2.45, 2.75) is 50.2 Å². The van der Waals surface area contributed by atoms with Crippen molar-refractivity contribution in [1.29, 1.82) is 0 Å². The lowest BCUT2D eigenvalue weighted by Gasteiger charge is -2.34. The molecule has 0 radical (unpaired) electrons. The molecule has 0 aliphatic carbocycles. The van der Waals surface area contributed by atoms with E-state index in [1.54, 1.807) is 0 Å². The first-order chi connectivity index (χ1) is 9.42. The summed E-state index contributed by atoms with van der Waals surface area (Å²) in [5, 5.41) is 0.728. The van der Waals surface area contributed by atoms with Crippen LogP contribution in [0.2, 0.25) is 5.02 Å². The molecule has 1 aliphatic heterocycles. The Hall–Kier alpha value is 0.0500. The van der Waals surface area contributed by atoms with Crippen molar-refractivity contribution in [1.82, 2.24) is 0 Å². The van der Waals surface area contributed by atoms with Crippen LogP contribution in [-0.2, 0) is 10.2 Å². The first kappa shape index (κ1) is 16.4. The van der Waals surface area contributed by atoms with Crippen molar-refractivity contribution in [3.8, 4) is 0 Å². The van der Waals surface area contributed by atoms with E-state index >= 15 is 0 Å². The predicted octanol–water partition coefficient (Wildman–Crippen LogP) is 5.40. The molecule has 0 bridgehead atoms. The number of benzene rings is 1. The summed E-state index contributed by atoms with van der Waals surface area (Å²) in [5.74, 6) is 0.890. The van der Waals surface area contributed by atoms with Gasteiger partial charge in [-0.15, -0.1) is 23.2 Å². The van der Waals surface area contributed by atoms with Crippen LogP contribution in [-0.4, -0.2) is 23.5 Å². The molecule has 4 heteroatoms. The average molecular weight is 336 g/mol. The fourth-order valence-electron chi connectivity index (χ4n) is 2.95. The lowest BCUT2D eigenvalue weighted by molar-refractivity contribution is -0.0250. The molecule has 2 rings (SSSR count). The molecule has 0 spiro atoms. The molecule has 112 valence electrons. The molecule has 1 fully saturated rings. The maximum Gasteiger partial charge on any atom is 0.0631 e.